The van der Waals surface area contributed by atoms with Crippen molar-refractivity contribution in [1.29, 1.82) is 0 Å². The zero-order chi connectivity index (χ0) is 11.8. The molecule has 0 radical (unpaired) electrons. The summed E-state index contributed by atoms with van der Waals surface area (Å²) in [5.41, 5.74) is 7.46. The zero-order valence-corrected chi connectivity index (χ0v) is 10.8. The largest absolute Gasteiger partial charge is 0.490 e. The van der Waals surface area contributed by atoms with Crippen LogP contribution >= 0.6 is 11.8 Å². The van der Waals surface area contributed by atoms with Gasteiger partial charge in [0.05, 0.1) is 13.2 Å². The van der Waals surface area contributed by atoms with Crippen molar-refractivity contribution in [1.82, 2.24) is 0 Å². The lowest BCUT2D eigenvalue weighted by Crippen LogP contribution is -2.24. The molecule has 0 saturated carbocycles. The molecule has 2 atom stereocenters. The Hall–Kier alpha value is -0.870. The van der Waals surface area contributed by atoms with Gasteiger partial charge in [-0.15, -0.1) is 11.8 Å². The van der Waals surface area contributed by atoms with Gasteiger partial charge in [-0.3, -0.25) is 0 Å². The number of benzene rings is 1. The Morgan fingerprint density at radius 3 is 2.71 bits per heavy atom. The van der Waals surface area contributed by atoms with Crippen LogP contribution in [0.2, 0.25) is 0 Å². The highest BCUT2D eigenvalue weighted by Gasteiger charge is 2.26. The fourth-order valence-electron chi connectivity index (χ4n) is 2.22. The van der Waals surface area contributed by atoms with Gasteiger partial charge in [-0.1, -0.05) is 6.92 Å². The minimum Gasteiger partial charge on any atom is -0.490 e. The van der Waals surface area contributed by atoms with E-state index in [1.807, 2.05) is 11.8 Å². The second-order valence-electron chi connectivity index (χ2n) is 4.70. The Morgan fingerprint density at radius 1 is 1.24 bits per heavy atom. The lowest BCUT2D eigenvalue weighted by molar-refractivity contribution is 0.296. The monoisotopic (exact) mass is 251 g/mol. The fourth-order valence-corrected chi connectivity index (χ4v) is 3.42. The molecule has 2 aliphatic rings. The molecular formula is C13H17NO2S. The maximum Gasteiger partial charge on any atom is 0.162 e. The van der Waals surface area contributed by atoms with Crippen LogP contribution in [0.3, 0.4) is 0 Å². The fraction of sp³-hybridized carbons (Fsp3) is 0.538. The average molecular weight is 251 g/mol. The van der Waals surface area contributed by atoms with Crippen LogP contribution < -0.4 is 15.2 Å². The standard InChI is InChI=1S/C13H17NO2S/c1-8-7-17-12-6-11-10(5-9(12)13(8)14)15-3-2-4-16-11/h5-6,8,13H,2-4,7,14H2,1H3. The number of hydrogen-bond donors (Lipinski definition) is 1. The van der Waals surface area contributed by atoms with Gasteiger partial charge in [-0.2, -0.15) is 0 Å². The van der Waals surface area contributed by atoms with Crippen molar-refractivity contribution >= 4 is 11.8 Å². The van der Waals surface area contributed by atoms with Crippen LogP contribution in [-0.2, 0) is 0 Å². The third-order valence-electron chi connectivity index (χ3n) is 3.35. The molecule has 2 heterocycles. The molecule has 92 valence electrons. The number of nitrogens with two attached hydrogens (primary N) is 1. The Morgan fingerprint density at radius 2 is 1.94 bits per heavy atom. The van der Waals surface area contributed by atoms with Crippen LogP contribution in [0, 0.1) is 5.92 Å². The van der Waals surface area contributed by atoms with Crippen molar-refractivity contribution in [3.63, 3.8) is 0 Å². The molecule has 2 unspecified atom stereocenters. The summed E-state index contributed by atoms with van der Waals surface area (Å²) >= 11 is 1.86. The second-order valence-corrected chi connectivity index (χ2v) is 5.76. The molecule has 0 aromatic heterocycles. The van der Waals surface area contributed by atoms with Gasteiger partial charge >= 0.3 is 0 Å². The summed E-state index contributed by atoms with van der Waals surface area (Å²) in [5.74, 6) is 3.31. The molecule has 0 aliphatic carbocycles. The van der Waals surface area contributed by atoms with E-state index in [1.54, 1.807) is 0 Å². The molecule has 17 heavy (non-hydrogen) atoms. The molecule has 2 N–H and O–H groups in total. The van der Waals surface area contributed by atoms with Gasteiger partial charge in [0.15, 0.2) is 11.5 Å². The molecule has 3 rings (SSSR count). The van der Waals surface area contributed by atoms with Gasteiger partial charge in [-0.25, -0.2) is 0 Å². The molecule has 4 heteroatoms. The van der Waals surface area contributed by atoms with Crippen molar-refractivity contribution in [2.45, 2.75) is 24.3 Å². The quantitative estimate of drug-likeness (QED) is 0.769. The second kappa shape index (κ2) is 4.42. The Kier molecular flexibility index (Phi) is 2.92. The molecule has 0 spiro atoms. The van der Waals surface area contributed by atoms with Crippen LogP contribution in [-0.4, -0.2) is 19.0 Å². The van der Waals surface area contributed by atoms with Gasteiger partial charge in [-0.05, 0) is 23.6 Å². The molecule has 2 aliphatic heterocycles. The summed E-state index contributed by atoms with van der Waals surface area (Å²) in [6, 6.07) is 4.28. The minimum absolute atomic E-state index is 0.114. The highest BCUT2D eigenvalue weighted by atomic mass is 32.2. The van der Waals surface area contributed by atoms with Crippen molar-refractivity contribution in [2.75, 3.05) is 19.0 Å². The van der Waals surface area contributed by atoms with Crippen LogP contribution in [0.1, 0.15) is 24.9 Å². The van der Waals surface area contributed by atoms with E-state index in [2.05, 4.69) is 19.1 Å². The van der Waals surface area contributed by atoms with Crippen LogP contribution in [0.5, 0.6) is 11.5 Å². The predicted molar refractivity (Wildman–Crippen MR) is 68.9 cm³/mol. The first-order chi connectivity index (χ1) is 8.25. The summed E-state index contributed by atoms with van der Waals surface area (Å²) in [4.78, 5) is 1.25. The van der Waals surface area contributed by atoms with E-state index < -0.39 is 0 Å². The van der Waals surface area contributed by atoms with Crippen LogP contribution in [0.4, 0.5) is 0 Å². The summed E-state index contributed by atoms with van der Waals surface area (Å²) in [7, 11) is 0. The number of fused-ring (bicyclic) bond motifs is 2. The minimum atomic E-state index is 0.114. The van der Waals surface area contributed by atoms with E-state index in [-0.39, 0.29) is 6.04 Å². The van der Waals surface area contributed by atoms with Crippen LogP contribution in [0.15, 0.2) is 17.0 Å². The number of rotatable bonds is 0. The van der Waals surface area contributed by atoms with E-state index >= 15 is 0 Å². The number of hydrogen-bond acceptors (Lipinski definition) is 4. The molecule has 0 bridgehead atoms. The zero-order valence-electron chi connectivity index (χ0n) is 9.94. The topological polar surface area (TPSA) is 44.5 Å². The van der Waals surface area contributed by atoms with E-state index in [1.165, 1.54) is 10.5 Å². The molecule has 1 aromatic rings. The summed E-state index contributed by atoms with van der Waals surface area (Å²) < 4.78 is 11.4. The Bertz CT molecular complexity index is 436. The lowest BCUT2D eigenvalue weighted by Gasteiger charge is -2.28. The van der Waals surface area contributed by atoms with E-state index in [4.69, 9.17) is 15.2 Å². The Labute approximate surface area is 106 Å². The van der Waals surface area contributed by atoms with E-state index in [0.717, 1.165) is 36.9 Å². The molecular weight excluding hydrogens is 234 g/mol. The first-order valence-corrected chi connectivity index (χ1v) is 7.06. The van der Waals surface area contributed by atoms with Crippen molar-refractivity contribution in [3.05, 3.63) is 17.7 Å². The number of ether oxygens (including phenoxy) is 2. The van der Waals surface area contributed by atoms with Crippen molar-refractivity contribution in [3.8, 4) is 11.5 Å². The van der Waals surface area contributed by atoms with Gasteiger partial charge in [0.25, 0.3) is 0 Å². The normalized spacial score (nSPS) is 27.2. The maximum atomic E-state index is 6.25. The molecule has 0 amide bonds. The average Bonchev–Trinajstić information content (AvgIpc) is 2.57. The van der Waals surface area contributed by atoms with Gasteiger partial charge in [0.2, 0.25) is 0 Å². The first-order valence-electron chi connectivity index (χ1n) is 6.07. The van der Waals surface area contributed by atoms with Gasteiger partial charge < -0.3 is 15.2 Å². The predicted octanol–water partition coefficient (Wildman–Crippen LogP) is 2.59. The molecule has 1 aromatic carbocycles. The molecule has 0 saturated heterocycles. The van der Waals surface area contributed by atoms with E-state index in [9.17, 15) is 0 Å². The SMILES string of the molecule is CC1CSc2cc3c(cc2C1N)OCCCO3. The third kappa shape index (κ3) is 2.00. The summed E-state index contributed by atoms with van der Waals surface area (Å²) in [6.07, 6.45) is 0.939. The highest BCUT2D eigenvalue weighted by Crippen LogP contribution is 2.44. The van der Waals surface area contributed by atoms with Gasteiger partial charge in [0.1, 0.15) is 0 Å². The molecule has 3 nitrogen and oxygen atoms in total. The smallest absolute Gasteiger partial charge is 0.162 e. The summed E-state index contributed by atoms with van der Waals surface area (Å²) in [5, 5.41) is 0. The summed E-state index contributed by atoms with van der Waals surface area (Å²) in [6.45, 7) is 3.66. The van der Waals surface area contributed by atoms with E-state index in [0.29, 0.717) is 5.92 Å². The molecule has 0 fully saturated rings. The highest BCUT2D eigenvalue weighted by molar-refractivity contribution is 7.99. The maximum absolute atomic E-state index is 6.25. The Balaban J connectivity index is 2.04. The van der Waals surface area contributed by atoms with Gasteiger partial charge in [0, 0.05) is 23.1 Å². The number of thioether (sulfide) groups is 1. The third-order valence-corrected chi connectivity index (χ3v) is 4.71. The van der Waals surface area contributed by atoms with Crippen molar-refractivity contribution < 1.29 is 9.47 Å². The lowest BCUT2D eigenvalue weighted by atomic mass is 9.96. The van der Waals surface area contributed by atoms with Crippen LogP contribution in [0.25, 0.3) is 0 Å². The van der Waals surface area contributed by atoms with Crippen molar-refractivity contribution in [2.24, 2.45) is 11.7 Å². The first kappa shape index (κ1) is 11.2.